The Labute approximate surface area is 111 Å². The molecular formula is C13H17N5O. The van der Waals surface area contributed by atoms with Crippen molar-refractivity contribution in [1.82, 2.24) is 19.5 Å². The minimum Gasteiger partial charge on any atom is -0.317 e. The molecule has 2 aromatic heterocycles. The van der Waals surface area contributed by atoms with Crippen LogP contribution in [-0.2, 0) is 6.54 Å². The molecule has 0 aliphatic carbocycles. The predicted octanol–water partition coefficient (Wildman–Crippen LogP) is 1.89. The second-order valence-corrected chi connectivity index (χ2v) is 4.79. The van der Waals surface area contributed by atoms with Gasteiger partial charge in [-0.15, -0.1) is 0 Å². The zero-order valence-electron chi connectivity index (χ0n) is 11.3. The lowest BCUT2D eigenvalue weighted by Gasteiger charge is -2.10. The van der Waals surface area contributed by atoms with Crippen LogP contribution in [0.4, 0.5) is 5.95 Å². The van der Waals surface area contributed by atoms with Crippen LogP contribution in [0.1, 0.15) is 30.0 Å². The van der Waals surface area contributed by atoms with E-state index in [1.54, 1.807) is 12.4 Å². The van der Waals surface area contributed by atoms with E-state index in [1.807, 2.05) is 17.7 Å². The molecular weight excluding hydrogens is 242 g/mol. The van der Waals surface area contributed by atoms with Crippen LogP contribution in [0.2, 0.25) is 0 Å². The van der Waals surface area contributed by atoms with Crippen LogP contribution < -0.4 is 5.32 Å². The van der Waals surface area contributed by atoms with Crippen molar-refractivity contribution in [3.8, 4) is 0 Å². The molecule has 0 radical (unpaired) electrons. The normalized spacial score (nSPS) is 10.7. The first kappa shape index (κ1) is 13.2. The molecule has 0 aliphatic rings. The van der Waals surface area contributed by atoms with Gasteiger partial charge in [0.2, 0.25) is 5.95 Å². The smallest absolute Gasteiger partial charge is 0.278 e. The molecule has 6 heteroatoms. The van der Waals surface area contributed by atoms with Crippen molar-refractivity contribution in [1.29, 1.82) is 0 Å². The van der Waals surface area contributed by atoms with E-state index < -0.39 is 0 Å². The molecule has 0 bridgehead atoms. The molecule has 0 fully saturated rings. The summed E-state index contributed by atoms with van der Waals surface area (Å²) in [5, 5.41) is 2.74. The second-order valence-electron chi connectivity index (χ2n) is 4.79. The molecule has 1 amide bonds. The summed E-state index contributed by atoms with van der Waals surface area (Å²) in [4.78, 5) is 24.2. The predicted molar refractivity (Wildman–Crippen MR) is 71.8 cm³/mol. The average Bonchev–Trinajstić information content (AvgIpc) is 2.76. The van der Waals surface area contributed by atoms with Gasteiger partial charge in [-0.25, -0.2) is 9.97 Å². The Hall–Kier alpha value is -2.24. The number of nitrogens with zero attached hydrogens (tertiary/aromatic N) is 4. The molecule has 2 rings (SSSR count). The highest BCUT2D eigenvalue weighted by molar-refractivity contribution is 6.01. The highest BCUT2D eigenvalue weighted by Crippen LogP contribution is 2.09. The molecule has 0 aliphatic heterocycles. The maximum Gasteiger partial charge on any atom is 0.278 e. The largest absolute Gasteiger partial charge is 0.317 e. The van der Waals surface area contributed by atoms with Gasteiger partial charge in [-0.2, -0.15) is 0 Å². The number of carbonyl (C=O) groups excluding carboxylic acids is 1. The fourth-order valence-electron chi connectivity index (χ4n) is 1.65. The van der Waals surface area contributed by atoms with Crippen LogP contribution in [0.25, 0.3) is 0 Å². The van der Waals surface area contributed by atoms with Crippen molar-refractivity contribution in [2.75, 3.05) is 5.32 Å². The van der Waals surface area contributed by atoms with Crippen LogP contribution in [-0.4, -0.2) is 25.4 Å². The molecule has 0 atom stereocenters. The monoisotopic (exact) mass is 259 g/mol. The number of aryl methyl sites for hydroxylation is 1. The van der Waals surface area contributed by atoms with E-state index in [0.717, 1.165) is 12.2 Å². The number of imidazole rings is 1. The Balaban J connectivity index is 2.10. The molecule has 6 nitrogen and oxygen atoms in total. The zero-order chi connectivity index (χ0) is 13.8. The Morgan fingerprint density at radius 3 is 2.74 bits per heavy atom. The van der Waals surface area contributed by atoms with Crippen molar-refractivity contribution in [3.05, 3.63) is 36.2 Å². The lowest BCUT2D eigenvalue weighted by molar-refractivity contribution is 0.102. The summed E-state index contributed by atoms with van der Waals surface area (Å²) in [5.74, 6) is 0.703. The summed E-state index contributed by atoms with van der Waals surface area (Å²) in [6, 6.07) is 0. The summed E-state index contributed by atoms with van der Waals surface area (Å²) in [7, 11) is 0. The third-order valence-electron chi connectivity index (χ3n) is 2.52. The Morgan fingerprint density at radius 1 is 1.32 bits per heavy atom. The summed E-state index contributed by atoms with van der Waals surface area (Å²) in [5.41, 5.74) is 1.06. The second kappa shape index (κ2) is 5.60. The van der Waals surface area contributed by atoms with E-state index in [2.05, 4.69) is 34.1 Å². The molecule has 19 heavy (non-hydrogen) atoms. The number of amides is 1. The molecule has 0 spiro atoms. The lowest BCUT2D eigenvalue weighted by Crippen LogP contribution is -2.18. The van der Waals surface area contributed by atoms with E-state index in [-0.39, 0.29) is 11.6 Å². The summed E-state index contributed by atoms with van der Waals surface area (Å²) in [6.07, 6.45) is 6.53. The van der Waals surface area contributed by atoms with Gasteiger partial charge in [0.1, 0.15) is 5.69 Å². The molecule has 0 aromatic carbocycles. The van der Waals surface area contributed by atoms with E-state index in [4.69, 9.17) is 0 Å². The fourth-order valence-corrected chi connectivity index (χ4v) is 1.65. The highest BCUT2D eigenvalue weighted by Gasteiger charge is 2.12. The van der Waals surface area contributed by atoms with Gasteiger partial charge in [-0.05, 0) is 12.8 Å². The minimum atomic E-state index is -0.302. The van der Waals surface area contributed by atoms with Gasteiger partial charge in [0.15, 0.2) is 0 Å². The molecule has 100 valence electrons. The summed E-state index contributed by atoms with van der Waals surface area (Å²) in [6.45, 7) is 6.84. The van der Waals surface area contributed by atoms with Crippen molar-refractivity contribution in [2.24, 2.45) is 5.92 Å². The maximum atomic E-state index is 12.0. The van der Waals surface area contributed by atoms with Gasteiger partial charge in [-0.1, -0.05) is 13.8 Å². The number of hydrogen-bond acceptors (Lipinski definition) is 4. The van der Waals surface area contributed by atoms with Gasteiger partial charge in [0.05, 0.1) is 11.9 Å². The first-order valence-corrected chi connectivity index (χ1v) is 6.17. The van der Waals surface area contributed by atoms with Crippen LogP contribution in [0.15, 0.2) is 24.8 Å². The Bertz CT molecular complexity index is 559. The van der Waals surface area contributed by atoms with E-state index in [1.165, 1.54) is 6.20 Å². The SMILES string of the molecule is Cc1cnc(C(=O)Nc2nccn2CC(C)C)cn1. The third-order valence-corrected chi connectivity index (χ3v) is 2.52. The van der Waals surface area contributed by atoms with Crippen LogP contribution >= 0.6 is 0 Å². The highest BCUT2D eigenvalue weighted by atomic mass is 16.2. The molecule has 0 unspecified atom stereocenters. The Kier molecular flexibility index (Phi) is 3.89. The number of carbonyl (C=O) groups is 1. The number of hydrogen-bond donors (Lipinski definition) is 1. The minimum absolute atomic E-state index is 0.282. The first-order valence-electron chi connectivity index (χ1n) is 6.17. The van der Waals surface area contributed by atoms with E-state index in [9.17, 15) is 4.79 Å². The van der Waals surface area contributed by atoms with Gasteiger partial charge >= 0.3 is 0 Å². The van der Waals surface area contributed by atoms with Gasteiger partial charge in [0.25, 0.3) is 5.91 Å². The van der Waals surface area contributed by atoms with Crippen molar-refractivity contribution < 1.29 is 4.79 Å². The summed E-state index contributed by atoms with van der Waals surface area (Å²) >= 11 is 0. The fraction of sp³-hybridized carbons (Fsp3) is 0.385. The van der Waals surface area contributed by atoms with Gasteiger partial charge in [0, 0.05) is 25.1 Å². The van der Waals surface area contributed by atoms with E-state index in [0.29, 0.717) is 11.9 Å². The van der Waals surface area contributed by atoms with Crippen molar-refractivity contribution in [3.63, 3.8) is 0 Å². The van der Waals surface area contributed by atoms with Crippen molar-refractivity contribution in [2.45, 2.75) is 27.3 Å². The van der Waals surface area contributed by atoms with Crippen LogP contribution in [0.3, 0.4) is 0 Å². The van der Waals surface area contributed by atoms with Gasteiger partial charge < -0.3 is 4.57 Å². The zero-order valence-corrected chi connectivity index (χ0v) is 11.3. The van der Waals surface area contributed by atoms with E-state index >= 15 is 0 Å². The summed E-state index contributed by atoms with van der Waals surface area (Å²) < 4.78 is 1.91. The quantitative estimate of drug-likeness (QED) is 0.910. The number of anilines is 1. The standard InChI is InChI=1S/C13H17N5O/c1-9(2)8-18-5-4-14-13(18)17-12(19)11-7-15-10(3)6-16-11/h4-7,9H,8H2,1-3H3,(H,14,17,19). The number of rotatable bonds is 4. The first-order chi connectivity index (χ1) is 9.06. The molecule has 0 saturated heterocycles. The van der Waals surface area contributed by atoms with Crippen molar-refractivity contribution >= 4 is 11.9 Å². The van der Waals surface area contributed by atoms with Crippen LogP contribution in [0, 0.1) is 12.8 Å². The molecule has 0 saturated carbocycles. The maximum absolute atomic E-state index is 12.0. The van der Waals surface area contributed by atoms with Gasteiger partial charge in [-0.3, -0.25) is 15.1 Å². The molecule has 2 heterocycles. The van der Waals surface area contributed by atoms with Crippen LogP contribution in [0.5, 0.6) is 0 Å². The third kappa shape index (κ3) is 3.37. The number of aromatic nitrogens is 4. The lowest BCUT2D eigenvalue weighted by atomic mass is 10.2. The number of nitrogens with one attached hydrogen (secondary N) is 1. The molecule has 2 aromatic rings. The Morgan fingerprint density at radius 2 is 2.11 bits per heavy atom. The topological polar surface area (TPSA) is 72.7 Å². The average molecular weight is 259 g/mol. The molecule has 1 N–H and O–H groups in total.